The molecule has 1 aliphatic rings. The van der Waals surface area contributed by atoms with E-state index in [1.165, 1.54) is 5.56 Å². The van der Waals surface area contributed by atoms with E-state index >= 15 is 0 Å². The second-order valence-electron chi connectivity index (χ2n) is 7.98. The summed E-state index contributed by atoms with van der Waals surface area (Å²) in [6.45, 7) is 0. The van der Waals surface area contributed by atoms with Crippen LogP contribution in [0.5, 0.6) is 0 Å². The third-order valence-corrected chi connectivity index (χ3v) is 5.76. The van der Waals surface area contributed by atoms with Crippen LogP contribution in [0.15, 0.2) is 79.1 Å². The first-order valence-corrected chi connectivity index (χ1v) is 11.0. The number of carbonyl (C=O) groups is 1. The van der Waals surface area contributed by atoms with Crippen molar-refractivity contribution in [3.05, 3.63) is 108 Å². The number of rotatable bonds is 3. The van der Waals surface area contributed by atoms with Crippen LogP contribution in [-0.2, 0) is 6.42 Å². The van der Waals surface area contributed by atoms with Crippen LogP contribution in [0, 0.1) is 11.8 Å². The molecule has 1 aliphatic heterocycles. The zero-order valence-electron chi connectivity index (χ0n) is 18.1. The Morgan fingerprint density at radius 1 is 1.03 bits per heavy atom. The van der Waals surface area contributed by atoms with Crippen molar-refractivity contribution < 1.29 is 4.79 Å². The van der Waals surface area contributed by atoms with Crippen LogP contribution in [-0.4, -0.2) is 35.3 Å². The zero-order chi connectivity index (χ0) is 22.9. The molecule has 34 heavy (non-hydrogen) atoms. The van der Waals surface area contributed by atoms with Crippen molar-refractivity contribution in [2.75, 3.05) is 5.32 Å². The Labute approximate surface area is 195 Å². The Balaban J connectivity index is 1.20. The number of imidazole rings is 1. The number of carbonyl (C=O) groups excluding carboxylic acids is 1. The molecule has 0 radical (unpaired) electrons. The third-order valence-electron chi connectivity index (χ3n) is 5.76. The molecule has 0 bridgehead atoms. The molecule has 6 rings (SSSR count). The van der Waals surface area contributed by atoms with Gasteiger partial charge in [0.1, 0.15) is 11.5 Å². The average molecular weight is 445 g/mol. The molecule has 0 spiro atoms. The molecule has 0 aliphatic carbocycles. The van der Waals surface area contributed by atoms with Gasteiger partial charge in [-0.2, -0.15) is 5.10 Å². The number of aryl methyl sites for hydroxylation is 1. The van der Waals surface area contributed by atoms with E-state index in [0.29, 0.717) is 11.4 Å². The summed E-state index contributed by atoms with van der Waals surface area (Å²) in [6, 6.07) is 21.4. The van der Waals surface area contributed by atoms with Crippen molar-refractivity contribution in [3.8, 4) is 11.8 Å². The van der Waals surface area contributed by atoms with Crippen molar-refractivity contribution in [2.45, 2.75) is 18.9 Å². The molecule has 5 aromatic rings. The summed E-state index contributed by atoms with van der Waals surface area (Å²) >= 11 is 0. The number of anilines is 1. The van der Waals surface area contributed by atoms with E-state index in [0.717, 1.165) is 29.9 Å². The van der Waals surface area contributed by atoms with Crippen molar-refractivity contribution in [2.24, 2.45) is 0 Å². The summed E-state index contributed by atoms with van der Waals surface area (Å²) in [7, 11) is 0. The van der Waals surface area contributed by atoms with Gasteiger partial charge >= 0.3 is 0 Å². The molecule has 0 unspecified atom stereocenters. The molecule has 164 valence electrons. The molecule has 0 saturated heterocycles. The van der Waals surface area contributed by atoms with Crippen LogP contribution in [0.2, 0.25) is 0 Å². The number of aromatic nitrogens is 6. The lowest BCUT2D eigenvalue weighted by Crippen LogP contribution is -2.15. The first-order valence-electron chi connectivity index (χ1n) is 11.0. The largest absolute Gasteiger partial charge is 0.319 e. The topological polar surface area (TPSA) is 90.0 Å². The molecule has 1 atom stereocenters. The van der Waals surface area contributed by atoms with E-state index in [9.17, 15) is 4.79 Å². The minimum absolute atomic E-state index is 0.109. The highest BCUT2D eigenvalue weighted by Gasteiger charge is 2.28. The van der Waals surface area contributed by atoms with E-state index in [4.69, 9.17) is 0 Å². The molecule has 0 saturated carbocycles. The molecule has 2 aromatic carbocycles. The Morgan fingerprint density at radius 3 is 2.85 bits per heavy atom. The second kappa shape index (κ2) is 8.30. The number of nitrogens with one attached hydrogen (secondary N) is 1. The molecule has 1 N–H and O–H groups in total. The maximum Gasteiger partial charge on any atom is 0.295 e. The minimum Gasteiger partial charge on any atom is -0.319 e. The Morgan fingerprint density at radius 2 is 1.94 bits per heavy atom. The maximum atomic E-state index is 12.9. The summed E-state index contributed by atoms with van der Waals surface area (Å²) in [4.78, 5) is 21.6. The van der Waals surface area contributed by atoms with Crippen LogP contribution in [0.1, 0.15) is 45.7 Å². The van der Waals surface area contributed by atoms with Gasteiger partial charge in [0.05, 0.1) is 12.2 Å². The number of hydrogen-bond acceptors (Lipinski definition) is 5. The van der Waals surface area contributed by atoms with Crippen molar-refractivity contribution >= 4 is 17.2 Å². The van der Waals surface area contributed by atoms with E-state index in [1.54, 1.807) is 16.9 Å². The minimum atomic E-state index is -0.343. The van der Waals surface area contributed by atoms with Crippen LogP contribution in [0.25, 0.3) is 5.65 Å². The third kappa shape index (κ3) is 3.69. The molecular weight excluding hydrogens is 426 g/mol. The van der Waals surface area contributed by atoms with Gasteiger partial charge in [0, 0.05) is 23.9 Å². The second-order valence-corrected chi connectivity index (χ2v) is 7.98. The van der Waals surface area contributed by atoms with Gasteiger partial charge in [0.25, 0.3) is 5.91 Å². The van der Waals surface area contributed by atoms with Crippen LogP contribution < -0.4 is 5.32 Å². The maximum absolute atomic E-state index is 12.9. The van der Waals surface area contributed by atoms with Gasteiger partial charge in [0.2, 0.25) is 5.82 Å². The Hall–Kier alpha value is -4.77. The standard InChI is InChI=1S/C26H19N7O/c34-26(25-30-24-14-13-22(33(24)31-25)19-7-2-1-3-8-19)29-20-9-4-6-18(16-20)11-12-21-17-27-23-10-5-15-28-32(21)23/h1-10,15-17,22H,13-14H2,(H,29,34)/t22-/m1/s1. The van der Waals surface area contributed by atoms with Gasteiger partial charge in [-0.15, -0.1) is 5.10 Å². The zero-order valence-corrected chi connectivity index (χ0v) is 18.1. The lowest BCUT2D eigenvalue weighted by Gasteiger charge is -2.11. The first-order chi connectivity index (χ1) is 16.7. The fourth-order valence-corrected chi connectivity index (χ4v) is 4.16. The summed E-state index contributed by atoms with van der Waals surface area (Å²) < 4.78 is 3.56. The average Bonchev–Trinajstić information content (AvgIpc) is 3.58. The van der Waals surface area contributed by atoms with Gasteiger partial charge in [-0.1, -0.05) is 42.3 Å². The smallest absolute Gasteiger partial charge is 0.295 e. The predicted octanol–water partition coefficient (Wildman–Crippen LogP) is 3.51. The fraction of sp³-hybridized carbons (Fsp3) is 0.115. The SMILES string of the molecule is O=C(Nc1cccc(C#Cc2cnc3cccnn23)c1)c1nc2n(n1)[C@@H](c1ccccc1)CC2. The van der Waals surface area contributed by atoms with Gasteiger partial charge in [-0.05, 0) is 48.2 Å². The first kappa shape index (κ1) is 19.9. The summed E-state index contributed by atoms with van der Waals surface area (Å²) in [5, 5.41) is 11.7. The lowest BCUT2D eigenvalue weighted by atomic mass is 10.1. The van der Waals surface area contributed by atoms with E-state index in [1.807, 2.05) is 59.3 Å². The summed E-state index contributed by atoms with van der Waals surface area (Å²) in [5.74, 6) is 6.86. The number of amides is 1. The van der Waals surface area contributed by atoms with Crippen LogP contribution >= 0.6 is 0 Å². The molecular formula is C26H19N7O. The van der Waals surface area contributed by atoms with E-state index in [-0.39, 0.29) is 17.8 Å². The number of fused-ring (bicyclic) bond motifs is 2. The highest BCUT2D eigenvalue weighted by atomic mass is 16.2. The molecule has 4 heterocycles. The molecule has 8 nitrogen and oxygen atoms in total. The highest BCUT2D eigenvalue weighted by molar-refractivity contribution is 6.01. The Kier molecular flexibility index (Phi) is 4.85. The van der Waals surface area contributed by atoms with Crippen molar-refractivity contribution in [1.29, 1.82) is 0 Å². The molecule has 8 heteroatoms. The van der Waals surface area contributed by atoms with E-state index < -0.39 is 0 Å². The summed E-state index contributed by atoms with van der Waals surface area (Å²) in [5.41, 5.74) is 3.98. The van der Waals surface area contributed by atoms with Crippen LogP contribution in [0.4, 0.5) is 5.69 Å². The molecule has 1 amide bonds. The van der Waals surface area contributed by atoms with E-state index in [2.05, 4.69) is 49.5 Å². The van der Waals surface area contributed by atoms with Gasteiger partial charge < -0.3 is 5.32 Å². The summed E-state index contributed by atoms with van der Waals surface area (Å²) in [6.07, 6.45) is 5.11. The number of hydrogen-bond donors (Lipinski definition) is 1. The van der Waals surface area contributed by atoms with Crippen LogP contribution in [0.3, 0.4) is 0 Å². The van der Waals surface area contributed by atoms with Crippen molar-refractivity contribution in [3.63, 3.8) is 0 Å². The normalized spacial score (nSPS) is 14.4. The fourth-order valence-electron chi connectivity index (χ4n) is 4.16. The van der Waals surface area contributed by atoms with Gasteiger partial charge in [0.15, 0.2) is 5.65 Å². The molecule has 0 fully saturated rings. The lowest BCUT2D eigenvalue weighted by molar-refractivity contribution is 0.101. The van der Waals surface area contributed by atoms with Gasteiger partial charge in [-0.25, -0.2) is 19.2 Å². The number of benzene rings is 2. The quantitative estimate of drug-likeness (QED) is 0.429. The molecule has 3 aromatic heterocycles. The monoisotopic (exact) mass is 445 g/mol. The highest BCUT2D eigenvalue weighted by Crippen LogP contribution is 2.30. The van der Waals surface area contributed by atoms with Gasteiger partial charge in [-0.3, -0.25) is 4.79 Å². The van der Waals surface area contributed by atoms with Crippen molar-refractivity contribution in [1.82, 2.24) is 29.4 Å². The predicted molar refractivity (Wildman–Crippen MR) is 126 cm³/mol. The Bertz CT molecular complexity index is 1570. The number of nitrogens with zero attached hydrogens (tertiary/aromatic N) is 6.